The highest BCUT2D eigenvalue weighted by molar-refractivity contribution is 5.13. The van der Waals surface area contributed by atoms with E-state index in [0.29, 0.717) is 19.6 Å². The summed E-state index contributed by atoms with van der Waals surface area (Å²) >= 11 is 0. The van der Waals surface area contributed by atoms with Crippen molar-refractivity contribution >= 4 is 0 Å². The number of hydrogen-bond acceptors (Lipinski definition) is 2. The van der Waals surface area contributed by atoms with Crippen LogP contribution in [0.1, 0.15) is 24.8 Å². The first-order chi connectivity index (χ1) is 7.83. The Morgan fingerprint density at radius 2 is 2.00 bits per heavy atom. The monoisotopic (exact) mass is 220 g/mol. The van der Waals surface area contributed by atoms with Crippen LogP contribution >= 0.6 is 0 Å². The van der Waals surface area contributed by atoms with Gasteiger partial charge in [-0.1, -0.05) is 36.4 Å². The molecule has 0 saturated heterocycles. The third-order valence-electron chi connectivity index (χ3n) is 2.41. The lowest BCUT2D eigenvalue weighted by atomic mass is 10.1. The van der Waals surface area contributed by atoms with Gasteiger partial charge in [0.1, 0.15) is 0 Å². The molecular weight excluding hydrogens is 200 g/mol. The van der Waals surface area contributed by atoms with Crippen molar-refractivity contribution in [2.24, 2.45) is 0 Å². The van der Waals surface area contributed by atoms with Crippen molar-refractivity contribution in [1.29, 1.82) is 0 Å². The fourth-order valence-electron chi connectivity index (χ4n) is 1.44. The Labute approximate surface area is 97.6 Å². The fourth-order valence-corrected chi connectivity index (χ4v) is 1.44. The molecule has 2 heteroatoms. The van der Waals surface area contributed by atoms with E-state index in [9.17, 15) is 5.11 Å². The first kappa shape index (κ1) is 12.9. The normalized spacial score (nSPS) is 12.3. The average molecular weight is 220 g/mol. The van der Waals surface area contributed by atoms with Crippen molar-refractivity contribution in [3.05, 3.63) is 48.6 Å². The summed E-state index contributed by atoms with van der Waals surface area (Å²) in [6.45, 7) is 4.85. The van der Waals surface area contributed by atoms with Crippen LogP contribution in [0.15, 0.2) is 43.0 Å². The topological polar surface area (TPSA) is 29.5 Å². The highest BCUT2D eigenvalue weighted by atomic mass is 16.5. The first-order valence-corrected chi connectivity index (χ1v) is 5.73. The highest BCUT2D eigenvalue weighted by Crippen LogP contribution is 2.05. The van der Waals surface area contributed by atoms with Crippen LogP contribution in [0.5, 0.6) is 0 Å². The molecule has 0 heterocycles. The summed E-state index contributed by atoms with van der Waals surface area (Å²) in [6, 6.07) is 10.1. The predicted molar refractivity (Wildman–Crippen MR) is 66.2 cm³/mol. The smallest absolute Gasteiger partial charge is 0.0716 e. The Balaban J connectivity index is 2.05. The SMILES string of the molecule is C=CCCC(O)CCOCc1ccccc1. The summed E-state index contributed by atoms with van der Waals surface area (Å²) in [5.74, 6) is 0. The summed E-state index contributed by atoms with van der Waals surface area (Å²) in [4.78, 5) is 0. The van der Waals surface area contributed by atoms with Gasteiger partial charge in [0.15, 0.2) is 0 Å². The van der Waals surface area contributed by atoms with Crippen molar-refractivity contribution < 1.29 is 9.84 Å². The molecule has 0 spiro atoms. The number of rotatable bonds is 8. The summed E-state index contributed by atoms with van der Waals surface area (Å²) in [7, 11) is 0. The molecule has 0 bridgehead atoms. The molecule has 0 saturated carbocycles. The van der Waals surface area contributed by atoms with Crippen LogP contribution in [0.4, 0.5) is 0 Å². The van der Waals surface area contributed by atoms with Gasteiger partial charge in [-0.2, -0.15) is 0 Å². The van der Waals surface area contributed by atoms with Gasteiger partial charge in [-0.15, -0.1) is 6.58 Å². The molecule has 1 unspecified atom stereocenters. The molecule has 16 heavy (non-hydrogen) atoms. The van der Waals surface area contributed by atoms with Gasteiger partial charge in [-0.05, 0) is 24.8 Å². The fraction of sp³-hybridized carbons (Fsp3) is 0.429. The third kappa shape index (κ3) is 5.69. The van der Waals surface area contributed by atoms with Crippen LogP contribution in [0, 0.1) is 0 Å². The molecule has 0 aliphatic carbocycles. The maximum Gasteiger partial charge on any atom is 0.0716 e. The van der Waals surface area contributed by atoms with E-state index in [4.69, 9.17) is 4.74 Å². The van der Waals surface area contributed by atoms with Crippen molar-refractivity contribution in [2.75, 3.05) is 6.61 Å². The summed E-state index contributed by atoms with van der Waals surface area (Å²) in [6.07, 6.45) is 3.89. The lowest BCUT2D eigenvalue weighted by Gasteiger charge is -2.09. The van der Waals surface area contributed by atoms with Crippen LogP contribution < -0.4 is 0 Å². The quantitative estimate of drug-likeness (QED) is 0.539. The molecule has 0 aromatic heterocycles. The maximum atomic E-state index is 9.55. The minimum atomic E-state index is -0.270. The van der Waals surface area contributed by atoms with Gasteiger partial charge in [0.05, 0.1) is 12.7 Å². The van der Waals surface area contributed by atoms with E-state index >= 15 is 0 Å². The second kappa shape index (κ2) is 8.08. The zero-order chi connectivity index (χ0) is 11.6. The van der Waals surface area contributed by atoms with Crippen molar-refractivity contribution in [3.63, 3.8) is 0 Å². The molecule has 1 aromatic carbocycles. The summed E-state index contributed by atoms with van der Waals surface area (Å²) in [5.41, 5.74) is 1.17. The van der Waals surface area contributed by atoms with Crippen LogP contribution in [0.2, 0.25) is 0 Å². The van der Waals surface area contributed by atoms with Gasteiger partial charge in [0.2, 0.25) is 0 Å². The van der Waals surface area contributed by atoms with E-state index in [-0.39, 0.29) is 6.10 Å². The molecule has 0 radical (unpaired) electrons. The summed E-state index contributed by atoms with van der Waals surface area (Å²) < 4.78 is 5.48. The highest BCUT2D eigenvalue weighted by Gasteiger charge is 2.02. The van der Waals surface area contributed by atoms with Crippen LogP contribution in [0.25, 0.3) is 0 Å². The zero-order valence-corrected chi connectivity index (χ0v) is 9.64. The number of benzene rings is 1. The molecule has 0 aliphatic rings. The molecule has 1 N–H and O–H groups in total. The van der Waals surface area contributed by atoms with Crippen molar-refractivity contribution in [2.45, 2.75) is 32.0 Å². The Hall–Kier alpha value is -1.12. The largest absolute Gasteiger partial charge is 0.393 e. The van der Waals surface area contributed by atoms with E-state index < -0.39 is 0 Å². The molecule has 1 atom stereocenters. The van der Waals surface area contributed by atoms with Gasteiger partial charge >= 0.3 is 0 Å². The van der Waals surface area contributed by atoms with Gasteiger partial charge in [0.25, 0.3) is 0 Å². The Kier molecular flexibility index (Phi) is 6.54. The number of aliphatic hydroxyl groups excluding tert-OH is 1. The molecular formula is C14H20O2. The Morgan fingerprint density at radius 3 is 2.69 bits per heavy atom. The lowest BCUT2D eigenvalue weighted by molar-refractivity contribution is 0.0705. The first-order valence-electron chi connectivity index (χ1n) is 5.73. The van der Waals surface area contributed by atoms with Crippen molar-refractivity contribution in [1.82, 2.24) is 0 Å². The van der Waals surface area contributed by atoms with Crippen molar-refractivity contribution in [3.8, 4) is 0 Å². The Morgan fingerprint density at radius 1 is 1.25 bits per heavy atom. The summed E-state index contributed by atoms with van der Waals surface area (Å²) in [5, 5.41) is 9.55. The number of hydrogen-bond donors (Lipinski definition) is 1. The van der Waals surface area contributed by atoms with Gasteiger partial charge in [-0.25, -0.2) is 0 Å². The second-order valence-electron chi connectivity index (χ2n) is 3.85. The van der Waals surface area contributed by atoms with E-state index in [1.807, 2.05) is 36.4 Å². The van der Waals surface area contributed by atoms with Gasteiger partial charge in [0, 0.05) is 6.61 Å². The molecule has 2 nitrogen and oxygen atoms in total. The molecule has 0 aliphatic heterocycles. The van der Waals surface area contributed by atoms with E-state index in [0.717, 1.165) is 12.8 Å². The molecule has 88 valence electrons. The van der Waals surface area contributed by atoms with E-state index in [2.05, 4.69) is 6.58 Å². The third-order valence-corrected chi connectivity index (χ3v) is 2.41. The molecule has 1 rings (SSSR count). The van der Waals surface area contributed by atoms with Gasteiger partial charge in [-0.3, -0.25) is 0 Å². The molecule has 0 fully saturated rings. The molecule has 1 aromatic rings. The number of ether oxygens (including phenoxy) is 1. The zero-order valence-electron chi connectivity index (χ0n) is 9.64. The van der Waals surface area contributed by atoms with Crippen LogP contribution in [-0.4, -0.2) is 17.8 Å². The minimum absolute atomic E-state index is 0.270. The van der Waals surface area contributed by atoms with Crippen LogP contribution in [-0.2, 0) is 11.3 Å². The van der Waals surface area contributed by atoms with E-state index in [1.165, 1.54) is 5.56 Å². The Bertz CT molecular complexity index is 282. The lowest BCUT2D eigenvalue weighted by Crippen LogP contribution is -2.10. The van der Waals surface area contributed by atoms with E-state index in [1.54, 1.807) is 0 Å². The average Bonchev–Trinajstić information content (AvgIpc) is 2.33. The predicted octanol–water partition coefficient (Wildman–Crippen LogP) is 2.92. The minimum Gasteiger partial charge on any atom is -0.393 e. The number of allylic oxidation sites excluding steroid dienone is 1. The standard InChI is InChI=1S/C14H20O2/c1-2-3-9-14(15)10-11-16-12-13-7-5-4-6-8-13/h2,4-8,14-15H,1,3,9-12H2. The number of aliphatic hydroxyl groups is 1. The molecule has 0 amide bonds. The second-order valence-corrected chi connectivity index (χ2v) is 3.85. The van der Waals surface area contributed by atoms with Gasteiger partial charge < -0.3 is 9.84 Å². The van der Waals surface area contributed by atoms with Crippen LogP contribution in [0.3, 0.4) is 0 Å². The maximum absolute atomic E-state index is 9.55.